The highest BCUT2D eigenvalue weighted by molar-refractivity contribution is 7.09. The molecule has 0 radical (unpaired) electrons. The van der Waals surface area contributed by atoms with Gasteiger partial charge in [-0.05, 0) is 19.9 Å². The molecule has 0 spiro atoms. The van der Waals surface area contributed by atoms with Crippen molar-refractivity contribution in [2.24, 2.45) is 0 Å². The highest BCUT2D eigenvalue weighted by atomic mass is 32.1. The van der Waals surface area contributed by atoms with Gasteiger partial charge < -0.3 is 5.11 Å². The first-order valence-electron chi connectivity index (χ1n) is 6.98. The summed E-state index contributed by atoms with van der Waals surface area (Å²) in [6.07, 6.45) is -0.00844. The van der Waals surface area contributed by atoms with Gasteiger partial charge in [-0.25, -0.2) is 4.98 Å². The first-order valence-corrected chi connectivity index (χ1v) is 7.86. The van der Waals surface area contributed by atoms with E-state index in [-0.39, 0.29) is 5.41 Å². The van der Waals surface area contributed by atoms with E-state index in [0.29, 0.717) is 6.42 Å². The van der Waals surface area contributed by atoms with Gasteiger partial charge >= 0.3 is 0 Å². The number of rotatable bonds is 4. The van der Waals surface area contributed by atoms with Crippen molar-refractivity contribution in [3.05, 3.63) is 33.5 Å². The molecule has 2 aromatic heterocycles. The monoisotopic (exact) mass is 293 g/mol. The Balaban J connectivity index is 2.15. The largest absolute Gasteiger partial charge is 0.386 e. The molecule has 0 saturated carbocycles. The predicted molar refractivity (Wildman–Crippen MR) is 82.1 cm³/mol. The summed E-state index contributed by atoms with van der Waals surface area (Å²) < 4.78 is 1.94. The van der Waals surface area contributed by atoms with Crippen molar-refractivity contribution in [3.8, 4) is 0 Å². The molecule has 2 heterocycles. The predicted octanol–water partition coefficient (Wildman–Crippen LogP) is 3.24. The maximum atomic E-state index is 10.4. The highest BCUT2D eigenvalue weighted by Gasteiger charge is 2.21. The topological polar surface area (TPSA) is 50.9 Å². The van der Waals surface area contributed by atoms with E-state index in [9.17, 15) is 5.11 Å². The van der Waals surface area contributed by atoms with E-state index in [4.69, 9.17) is 0 Å². The Kier molecular flexibility index (Phi) is 4.30. The number of nitrogens with zero attached hydrogens (tertiary/aromatic N) is 3. The molecule has 2 aromatic rings. The fourth-order valence-corrected chi connectivity index (χ4v) is 3.08. The van der Waals surface area contributed by atoms with Crippen molar-refractivity contribution in [3.63, 3.8) is 0 Å². The van der Waals surface area contributed by atoms with Crippen molar-refractivity contribution in [2.45, 2.75) is 59.1 Å². The zero-order chi connectivity index (χ0) is 14.9. The Labute approximate surface area is 124 Å². The molecule has 0 amide bonds. The normalized spacial score (nSPS) is 13.7. The van der Waals surface area contributed by atoms with Crippen LogP contribution in [0, 0.1) is 6.92 Å². The molecule has 1 unspecified atom stereocenters. The maximum Gasteiger partial charge on any atom is 0.102 e. The van der Waals surface area contributed by atoms with E-state index in [0.717, 1.165) is 28.6 Å². The minimum Gasteiger partial charge on any atom is -0.386 e. The summed E-state index contributed by atoms with van der Waals surface area (Å²) in [5, 5.41) is 17.8. The molecule has 4 nitrogen and oxygen atoms in total. The zero-order valence-corrected chi connectivity index (χ0v) is 13.7. The second-order valence-electron chi connectivity index (χ2n) is 6.14. The minimum absolute atomic E-state index is 0.0322. The molecule has 2 rings (SSSR count). The van der Waals surface area contributed by atoms with Crippen LogP contribution in [0.5, 0.6) is 0 Å². The third-order valence-electron chi connectivity index (χ3n) is 3.19. The number of aliphatic hydroxyl groups is 1. The average Bonchev–Trinajstić information content (AvgIpc) is 2.94. The van der Waals surface area contributed by atoms with Crippen LogP contribution in [-0.2, 0) is 18.4 Å². The quantitative estimate of drug-likeness (QED) is 0.941. The molecule has 1 atom stereocenters. The Hall–Kier alpha value is -1.20. The van der Waals surface area contributed by atoms with Crippen LogP contribution in [0.4, 0.5) is 0 Å². The standard InChI is InChI=1S/C15H23N3OS/c1-6-18-11(7-10(2)17-18)8-13(19)12-9-20-14(16-12)15(3,4)5/h7,9,13,19H,6,8H2,1-5H3. The summed E-state index contributed by atoms with van der Waals surface area (Å²) in [4.78, 5) is 4.58. The smallest absolute Gasteiger partial charge is 0.102 e. The van der Waals surface area contributed by atoms with Crippen LogP contribution in [0.1, 0.15) is 55.9 Å². The Morgan fingerprint density at radius 1 is 1.40 bits per heavy atom. The molecule has 0 saturated heterocycles. The van der Waals surface area contributed by atoms with Crippen LogP contribution in [-0.4, -0.2) is 19.9 Å². The lowest BCUT2D eigenvalue weighted by Crippen LogP contribution is -2.12. The summed E-state index contributed by atoms with van der Waals surface area (Å²) in [6.45, 7) is 11.3. The number of aliphatic hydroxyl groups excluding tert-OH is 1. The Morgan fingerprint density at radius 2 is 2.10 bits per heavy atom. The van der Waals surface area contributed by atoms with Crippen LogP contribution in [0.15, 0.2) is 11.4 Å². The molecule has 0 aliphatic heterocycles. The number of thiazole rings is 1. The van der Waals surface area contributed by atoms with Crippen LogP contribution >= 0.6 is 11.3 Å². The van der Waals surface area contributed by atoms with Crippen LogP contribution in [0.2, 0.25) is 0 Å². The zero-order valence-electron chi connectivity index (χ0n) is 12.8. The van der Waals surface area contributed by atoms with Crippen molar-refractivity contribution >= 4 is 11.3 Å². The van der Waals surface area contributed by atoms with E-state index in [1.807, 2.05) is 23.1 Å². The van der Waals surface area contributed by atoms with Gasteiger partial charge in [0.2, 0.25) is 0 Å². The van der Waals surface area contributed by atoms with E-state index >= 15 is 0 Å². The summed E-state index contributed by atoms with van der Waals surface area (Å²) >= 11 is 1.62. The van der Waals surface area contributed by atoms with Gasteiger partial charge in [0.1, 0.15) is 6.10 Å². The van der Waals surface area contributed by atoms with Gasteiger partial charge in [-0.15, -0.1) is 11.3 Å². The molecule has 5 heteroatoms. The van der Waals surface area contributed by atoms with E-state index < -0.39 is 6.10 Å². The molecule has 1 N–H and O–H groups in total. The summed E-state index contributed by atoms with van der Waals surface area (Å²) in [6, 6.07) is 2.03. The number of hydrogen-bond donors (Lipinski definition) is 1. The fourth-order valence-electron chi connectivity index (χ4n) is 2.12. The molecular formula is C15H23N3OS. The van der Waals surface area contributed by atoms with Gasteiger partial charge in [-0.1, -0.05) is 20.8 Å². The lowest BCUT2D eigenvalue weighted by Gasteiger charge is -2.14. The van der Waals surface area contributed by atoms with Gasteiger partial charge in [0.25, 0.3) is 0 Å². The van der Waals surface area contributed by atoms with Crippen molar-refractivity contribution in [1.29, 1.82) is 0 Å². The van der Waals surface area contributed by atoms with Crippen molar-refractivity contribution in [2.75, 3.05) is 0 Å². The number of aromatic nitrogens is 3. The van der Waals surface area contributed by atoms with E-state index in [1.54, 1.807) is 11.3 Å². The van der Waals surface area contributed by atoms with Crippen LogP contribution in [0.3, 0.4) is 0 Å². The molecular weight excluding hydrogens is 270 g/mol. The lowest BCUT2D eigenvalue weighted by molar-refractivity contribution is 0.171. The Bertz CT molecular complexity index is 580. The third-order valence-corrected chi connectivity index (χ3v) is 4.48. The summed E-state index contributed by atoms with van der Waals surface area (Å²) in [7, 11) is 0. The van der Waals surface area contributed by atoms with Gasteiger partial charge in [-0.2, -0.15) is 5.10 Å². The van der Waals surface area contributed by atoms with E-state index in [2.05, 4.69) is 37.8 Å². The molecule has 0 fully saturated rings. The number of hydrogen-bond acceptors (Lipinski definition) is 4. The molecule has 0 aromatic carbocycles. The Morgan fingerprint density at radius 3 is 2.65 bits per heavy atom. The van der Waals surface area contributed by atoms with Gasteiger partial charge in [0, 0.05) is 29.5 Å². The summed E-state index contributed by atoms with van der Waals surface area (Å²) in [5.41, 5.74) is 2.84. The van der Waals surface area contributed by atoms with Gasteiger partial charge in [0.05, 0.1) is 16.4 Å². The van der Waals surface area contributed by atoms with E-state index in [1.165, 1.54) is 0 Å². The second-order valence-corrected chi connectivity index (χ2v) is 7.00. The first kappa shape index (κ1) is 15.2. The fraction of sp³-hybridized carbons (Fsp3) is 0.600. The molecule has 110 valence electrons. The molecule has 0 aliphatic rings. The maximum absolute atomic E-state index is 10.4. The minimum atomic E-state index is -0.566. The SMILES string of the molecule is CCn1nc(C)cc1CC(O)c1csc(C(C)(C)C)n1. The molecule has 0 bridgehead atoms. The highest BCUT2D eigenvalue weighted by Crippen LogP contribution is 2.28. The van der Waals surface area contributed by atoms with Crippen LogP contribution < -0.4 is 0 Å². The van der Waals surface area contributed by atoms with Gasteiger partial charge in [0.15, 0.2) is 0 Å². The first-order chi connectivity index (χ1) is 9.31. The third kappa shape index (κ3) is 3.27. The number of aryl methyl sites for hydroxylation is 2. The summed E-state index contributed by atoms with van der Waals surface area (Å²) in [5.74, 6) is 0. The average molecular weight is 293 g/mol. The lowest BCUT2D eigenvalue weighted by atomic mass is 9.98. The molecule has 0 aliphatic carbocycles. The van der Waals surface area contributed by atoms with Crippen LogP contribution in [0.25, 0.3) is 0 Å². The van der Waals surface area contributed by atoms with Crippen molar-refractivity contribution in [1.82, 2.24) is 14.8 Å². The van der Waals surface area contributed by atoms with Crippen molar-refractivity contribution < 1.29 is 5.11 Å². The second kappa shape index (κ2) is 5.66. The molecule has 20 heavy (non-hydrogen) atoms. The van der Waals surface area contributed by atoms with Gasteiger partial charge in [-0.3, -0.25) is 4.68 Å².